The van der Waals surface area contributed by atoms with Crippen LogP contribution in [0.1, 0.15) is 10.6 Å². The Morgan fingerprint density at radius 2 is 1.92 bits per heavy atom. The van der Waals surface area contributed by atoms with Crippen molar-refractivity contribution in [3.05, 3.63) is 62.9 Å². The molecule has 2 heterocycles. The van der Waals surface area contributed by atoms with Crippen molar-refractivity contribution in [3.63, 3.8) is 0 Å². The second kappa shape index (κ2) is 5.81. The Morgan fingerprint density at radius 3 is 2.79 bits per heavy atom. The van der Waals surface area contributed by atoms with Crippen LogP contribution in [0.3, 0.4) is 0 Å². The summed E-state index contributed by atoms with van der Waals surface area (Å²) in [5, 5.41) is 3.11. The lowest BCUT2D eigenvalue weighted by Gasteiger charge is -2.05. The van der Waals surface area contributed by atoms with Crippen LogP contribution < -0.4 is 10.7 Å². The van der Waals surface area contributed by atoms with Gasteiger partial charge in [0.1, 0.15) is 16.6 Å². The molecular weight excluding hydrogens is 394 g/mol. The first-order chi connectivity index (χ1) is 11.6. The molecule has 0 unspecified atom stereocenters. The molecule has 0 saturated heterocycles. The van der Waals surface area contributed by atoms with Crippen molar-refractivity contribution < 1.29 is 9.21 Å². The predicted molar refractivity (Wildman–Crippen MR) is 95.6 cm³/mol. The number of carbonyl (C=O) groups excluding carboxylic acids is 1. The standard InChI is InChI=1S/C16H8BrN3O3S/c17-8-1-4-14-10(5-8)13(21)7-15(23-14)16(22)18-9-2-3-11-12(6-9)20-24-19-11/h1-7H,(H,18,22). The van der Waals surface area contributed by atoms with Crippen LogP contribution in [-0.2, 0) is 0 Å². The molecule has 0 saturated carbocycles. The molecule has 4 aromatic rings. The maximum absolute atomic E-state index is 12.4. The third-order valence-corrected chi connectivity index (χ3v) is 4.47. The third-order valence-electron chi connectivity index (χ3n) is 3.42. The van der Waals surface area contributed by atoms with Crippen molar-refractivity contribution in [1.29, 1.82) is 0 Å². The number of halogens is 1. The summed E-state index contributed by atoms with van der Waals surface area (Å²) < 4.78 is 14.5. The fourth-order valence-electron chi connectivity index (χ4n) is 2.29. The third kappa shape index (κ3) is 2.70. The first-order valence-corrected chi connectivity index (χ1v) is 8.39. The van der Waals surface area contributed by atoms with Gasteiger partial charge in [0, 0.05) is 16.2 Å². The van der Waals surface area contributed by atoms with Crippen LogP contribution in [0.25, 0.3) is 22.0 Å². The number of carbonyl (C=O) groups is 1. The number of nitrogens with zero attached hydrogens (tertiary/aromatic N) is 2. The quantitative estimate of drug-likeness (QED) is 0.551. The molecule has 24 heavy (non-hydrogen) atoms. The predicted octanol–water partition coefficient (Wildman–Crippen LogP) is 3.81. The van der Waals surface area contributed by atoms with Gasteiger partial charge in [0.05, 0.1) is 17.1 Å². The molecule has 0 aliphatic carbocycles. The molecule has 6 nitrogen and oxygen atoms in total. The van der Waals surface area contributed by atoms with Crippen molar-refractivity contribution >= 4 is 61.3 Å². The number of anilines is 1. The van der Waals surface area contributed by atoms with Crippen LogP contribution in [0.4, 0.5) is 5.69 Å². The highest BCUT2D eigenvalue weighted by atomic mass is 79.9. The lowest BCUT2D eigenvalue weighted by atomic mass is 10.2. The van der Waals surface area contributed by atoms with Gasteiger partial charge in [0.25, 0.3) is 5.91 Å². The lowest BCUT2D eigenvalue weighted by Crippen LogP contribution is -2.14. The molecule has 118 valence electrons. The van der Waals surface area contributed by atoms with E-state index in [1.807, 2.05) is 0 Å². The number of hydrogen-bond donors (Lipinski definition) is 1. The molecule has 0 aliphatic heterocycles. The summed E-state index contributed by atoms with van der Waals surface area (Å²) in [5.41, 5.74) is 2.10. The van der Waals surface area contributed by atoms with E-state index in [0.29, 0.717) is 22.2 Å². The smallest absolute Gasteiger partial charge is 0.291 e. The van der Waals surface area contributed by atoms with Crippen molar-refractivity contribution in [3.8, 4) is 0 Å². The van der Waals surface area contributed by atoms with Crippen LogP contribution >= 0.6 is 27.7 Å². The topological polar surface area (TPSA) is 85.1 Å². The van der Waals surface area contributed by atoms with Gasteiger partial charge in [-0.2, -0.15) is 8.75 Å². The van der Waals surface area contributed by atoms with E-state index in [4.69, 9.17) is 4.42 Å². The summed E-state index contributed by atoms with van der Waals surface area (Å²) in [6.07, 6.45) is 0. The molecular formula is C16H8BrN3O3S. The van der Waals surface area contributed by atoms with E-state index >= 15 is 0 Å². The average Bonchev–Trinajstić information content (AvgIpc) is 3.03. The first-order valence-electron chi connectivity index (χ1n) is 6.87. The SMILES string of the molecule is O=C(Nc1ccc2nsnc2c1)c1cc(=O)c2cc(Br)ccc2o1. The van der Waals surface area contributed by atoms with Crippen molar-refractivity contribution in [2.24, 2.45) is 0 Å². The molecule has 0 radical (unpaired) electrons. The lowest BCUT2D eigenvalue weighted by molar-refractivity contribution is 0.0997. The Labute approximate surface area is 147 Å². The molecule has 2 aromatic heterocycles. The summed E-state index contributed by atoms with van der Waals surface area (Å²) in [7, 11) is 0. The van der Waals surface area contributed by atoms with Gasteiger partial charge in [-0.15, -0.1) is 0 Å². The molecule has 0 bridgehead atoms. The summed E-state index contributed by atoms with van der Waals surface area (Å²) in [6, 6.07) is 11.4. The van der Waals surface area contributed by atoms with Gasteiger partial charge in [-0.3, -0.25) is 9.59 Å². The molecule has 4 rings (SSSR count). The van der Waals surface area contributed by atoms with E-state index in [1.165, 1.54) is 6.07 Å². The number of aromatic nitrogens is 2. The Bertz CT molecular complexity index is 1150. The molecule has 2 aromatic carbocycles. The fourth-order valence-corrected chi connectivity index (χ4v) is 3.17. The molecule has 1 N–H and O–H groups in total. The van der Waals surface area contributed by atoms with Gasteiger partial charge < -0.3 is 9.73 Å². The van der Waals surface area contributed by atoms with E-state index in [-0.39, 0.29) is 11.2 Å². The second-order valence-electron chi connectivity index (χ2n) is 5.04. The van der Waals surface area contributed by atoms with Crippen LogP contribution in [0, 0.1) is 0 Å². The molecule has 0 fully saturated rings. The zero-order valence-electron chi connectivity index (χ0n) is 11.9. The van der Waals surface area contributed by atoms with E-state index in [0.717, 1.165) is 21.7 Å². The summed E-state index contributed by atoms with van der Waals surface area (Å²) in [5.74, 6) is -0.550. The Hall–Kier alpha value is -2.58. The van der Waals surface area contributed by atoms with Crippen molar-refractivity contribution in [2.45, 2.75) is 0 Å². The number of nitrogens with one attached hydrogen (secondary N) is 1. The number of rotatable bonds is 2. The number of hydrogen-bond acceptors (Lipinski definition) is 6. The maximum Gasteiger partial charge on any atom is 0.291 e. The van der Waals surface area contributed by atoms with Gasteiger partial charge >= 0.3 is 0 Å². The minimum atomic E-state index is -0.501. The second-order valence-corrected chi connectivity index (χ2v) is 6.48. The highest BCUT2D eigenvalue weighted by Crippen LogP contribution is 2.20. The van der Waals surface area contributed by atoms with E-state index in [2.05, 4.69) is 30.0 Å². The van der Waals surface area contributed by atoms with Gasteiger partial charge in [0.15, 0.2) is 11.2 Å². The average molecular weight is 402 g/mol. The Morgan fingerprint density at radius 1 is 1.08 bits per heavy atom. The van der Waals surface area contributed by atoms with Crippen LogP contribution in [-0.4, -0.2) is 14.7 Å². The van der Waals surface area contributed by atoms with Crippen LogP contribution in [0.15, 0.2) is 56.1 Å². The minimum absolute atomic E-state index is 0.0497. The maximum atomic E-state index is 12.4. The first kappa shape index (κ1) is 15.0. The Balaban J connectivity index is 1.69. The summed E-state index contributed by atoms with van der Waals surface area (Å²) in [4.78, 5) is 24.5. The van der Waals surface area contributed by atoms with E-state index in [9.17, 15) is 9.59 Å². The largest absolute Gasteiger partial charge is 0.451 e. The van der Waals surface area contributed by atoms with Gasteiger partial charge in [-0.1, -0.05) is 15.9 Å². The van der Waals surface area contributed by atoms with Gasteiger partial charge in [-0.25, -0.2) is 0 Å². The number of fused-ring (bicyclic) bond motifs is 2. The van der Waals surface area contributed by atoms with Gasteiger partial charge in [0.2, 0.25) is 0 Å². The zero-order chi connectivity index (χ0) is 16.7. The van der Waals surface area contributed by atoms with Gasteiger partial charge in [-0.05, 0) is 36.4 Å². The minimum Gasteiger partial charge on any atom is -0.451 e. The fraction of sp³-hybridized carbons (Fsp3) is 0. The number of amides is 1. The highest BCUT2D eigenvalue weighted by Gasteiger charge is 2.13. The number of benzene rings is 2. The monoisotopic (exact) mass is 401 g/mol. The van der Waals surface area contributed by atoms with E-state index in [1.54, 1.807) is 36.4 Å². The van der Waals surface area contributed by atoms with Crippen molar-refractivity contribution in [1.82, 2.24) is 8.75 Å². The molecule has 0 atom stereocenters. The van der Waals surface area contributed by atoms with Crippen LogP contribution in [0.2, 0.25) is 0 Å². The Kier molecular flexibility index (Phi) is 3.62. The normalized spacial score (nSPS) is 11.0. The molecule has 0 spiro atoms. The summed E-state index contributed by atoms with van der Waals surface area (Å²) >= 11 is 4.41. The molecule has 8 heteroatoms. The van der Waals surface area contributed by atoms with Crippen molar-refractivity contribution in [2.75, 3.05) is 5.32 Å². The summed E-state index contributed by atoms with van der Waals surface area (Å²) in [6.45, 7) is 0. The zero-order valence-corrected chi connectivity index (χ0v) is 14.3. The van der Waals surface area contributed by atoms with Crippen LogP contribution in [0.5, 0.6) is 0 Å². The van der Waals surface area contributed by atoms with E-state index < -0.39 is 5.91 Å². The molecule has 0 aliphatic rings. The molecule has 1 amide bonds. The highest BCUT2D eigenvalue weighted by molar-refractivity contribution is 9.10.